The highest BCUT2D eigenvalue weighted by atomic mass is 19.3. The van der Waals surface area contributed by atoms with Gasteiger partial charge in [-0.05, 0) is 42.3 Å². The second-order valence-electron chi connectivity index (χ2n) is 7.98. The molecule has 0 aliphatic heterocycles. The minimum absolute atomic E-state index is 0.0572. The molecule has 0 aliphatic carbocycles. The number of esters is 1. The molecule has 32 heavy (non-hydrogen) atoms. The summed E-state index contributed by atoms with van der Waals surface area (Å²) in [7, 11) is 0. The molecule has 7 nitrogen and oxygen atoms in total. The molecule has 0 fully saturated rings. The molecule has 0 radical (unpaired) electrons. The number of benzene rings is 2. The van der Waals surface area contributed by atoms with Crippen LogP contribution in [-0.2, 0) is 20.7 Å². The van der Waals surface area contributed by atoms with Crippen molar-refractivity contribution in [3.05, 3.63) is 59.7 Å². The Morgan fingerprint density at radius 2 is 1.72 bits per heavy atom. The van der Waals surface area contributed by atoms with Gasteiger partial charge >= 0.3 is 12.6 Å². The Balaban J connectivity index is 1.76. The number of alkyl halides is 2. The molecule has 0 bridgehead atoms. The van der Waals surface area contributed by atoms with E-state index in [1.807, 2.05) is 0 Å². The number of hydrogen-bond acceptors (Lipinski definition) is 5. The van der Waals surface area contributed by atoms with Crippen LogP contribution in [0.3, 0.4) is 0 Å². The first-order valence-corrected chi connectivity index (χ1v) is 9.93. The van der Waals surface area contributed by atoms with Crippen molar-refractivity contribution < 1.29 is 32.6 Å². The Labute approximate surface area is 185 Å². The molecule has 0 heterocycles. The van der Waals surface area contributed by atoms with E-state index < -0.39 is 30.5 Å². The average Bonchev–Trinajstić information content (AvgIpc) is 2.72. The quantitative estimate of drug-likeness (QED) is 0.570. The first kappa shape index (κ1) is 24.8. The lowest BCUT2D eigenvalue weighted by Gasteiger charge is -2.17. The van der Waals surface area contributed by atoms with Gasteiger partial charge in [-0.1, -0.05) is 39.0 Å². The number of nitrogens with one attached hydrogen (secondary N) is 2. The minimum atomic E-state index is -2.88. The van der Waals surface area contributed by atoms with E-state index in [0.29, 0.717) is 12.1 Å². The Hall–Kier alpha value is -3.49. The van der Waals surface area contributed by atoms with E-state index in [-0.39, 0.29) is 23.8 Å². The molecule has 0 saturated heterocycles. The van der Waals surface area contributed by atoms with Crippen LogP contribution in [0.1, 0.15) is 36.7 Å². The van der Waals surface area contributed by atoms with E-state index in [1.54, 1.807) is 45.0 Å². The van der Waals surface area contributed by atoms with Crippen molar-refractivity contribution in [1.82, 2.24) is 5.32 Å². The molecule has 2 aromatic rings. The third-order valence-corrected chi connectivity index (χ3v) is 4.26. The molecule has 172 valence electrons. The van der Waals surface area contributed by atoms with Gasteiger partial charge in [-0.3, -0.25) is 9.59 Å². The SMILES string of the molecule is CC(C)(C)C(=O)Nc1cccc(C(=O)OCC(=O)NCCc2ccc(OC(F)F)cc2)c1. The molecule has 0 unspecified atom stereocenters. The number of anilines is 1. The fourth-order valence-electron chi connectivity index (χ4n) is 2.49. The molecule has 0 spiro atoms. The molecule has 2 amide bonds. The van der Waals surface area contributed by atoms with E-state index in [2.05, 4.69) is 15.4 Å². The zero-order chi connectivity index (χ0) is 23.7. The largest absolute Gasteiger partial charge is 0.452 e. The molecular weight excluding hydrogens is 422 g/mol. The van der Waals surface area contributed by atoms with Crippen LogP contribution in [0.5, 0.6) is 5.75 Å². The molecule has 0 saturated carbocycles. The normalized spacial score (nSPS) is 11.1. The van der Waals surface area contributed by atoms with Crippen molar-refractivity contribution in [3.8, 4) is 5.75 Å². The predicted molar refractivity (Wildman–Crippen MR) is 115 cm³/mol. The van der Waals surface area contributed by atoms with Gasteiger partial charge in [0.1, 0.15) is 5.75 Å². The molecule has 9 heteroatoms. The van der Waals surface area contributed by atoms with Gasteiger partial charge in [0.05, 0.1) is 5.56 Å². The average molecular weight is 448 g/mol. The second-order valence-corrected chi connectivity index (χ2v) is 7.98. The second kappa shape index (κ2) is 11.2. The van der Waals surface area contributed by atoms with Gasteiger partial charge in [0.15, 0.2) is 6.61 Å². The highest BCUT2D eigenvalue weighted by molar-refractivity contribution is 5.97. The maximum absolute atomic E-state index is 12.2. The van der Waals surface area contributed by atoms with Gasteiger partial charge in [0, 0.05) is 17.6 Å². The number of ether oxygens (including phenoxy) is 2. The zero-order valence-electron chi connectivity index (χ0n) is 18.1. The molecule has 2 rings (SSSR count). The smallest absolute Gasteiger partial charge is 0.387 e. The van der Waals surface area contributed by atoms with E-state index in [9.17, 15) is 23.2 Å². The van der Waals surface area contributed by atoms with Crippen molar-refractivity contribution in [2.45, 2.75) is 33.8 Å². The summed E-state index contributed by atoms with van der Waals surface area (Å²) in [6.45, 7) is 2.26. The van der Waals surface area contributed by atoms with Gasteiger partial charge in [-0.15, -0.1) is 0 Å². The number of amides is 2. The molecule has 0 aromatic heterocycles. The Kier molecular flexibility index (Phi) is 8.69. The van der Waals surface area contributed by atoms with Crippen LogP contribution in [0, 0.1) is 5.41 Å². The first-order valence-electron chi connectivity index (χ1n) is 9.93. The van der Waals surface area contributed by atoms with Crippen LogP contribution >= 0.6 is 0 Å². The summed E-state index contributed by atoms with van der Waals surface area (Å²) in [5.74, 6) is -1.31. The maximum atomic E-state index is 12.2. The third-order valence-electron chi connectivity index (χ3n) is 4.26. The van der Waals surface area contributed by atoms with Gasteiger partial charge in [0.25, 0.3) is 5.91 Å². The molecule has 2 N–H and O–H groups in total. The van der Waals surface area contributed by atoms with E-state index in [1.165, 1.54) is 24.3 Å². The molecular formula is C23H26F2N2O5. The van der Waals surface area contributed by atoms with Crippen LogP contribution in [0.4, 0.5) is 14.5 Å². The van der Waals surface area contributed by atoms with Crippen LogP contribution in [-0.4, -0.2) is 37.5 Å². The Bertz CT molecular complexity index is 940. The fraction of sp³-hybridized carbons (Fsp3) is 0.348. The highest BCUT2D eigenvalue weighted by Gasteiger charge is 2.21. The maximum Gasteiger partial charge on any atom is 0.387 e. The number of rotatable bonds is 9. The van der Waals surface area contributed by atoms with Crippen molar-refractivity contribution in [2.24, 2.45) is 5.41 Å². The van der Waals surface area contributed by atoms with Crippen LogP contribution in [0.2, 0.25) is 0 Å². The van der Waals surface area contributed by atoms with E-state index in [4.69, 9.17) is 4.74 Å². The lowest BCUT2D eigenvalue weighted by atomic mass is 9.95. The standard InChI is InChI=1S/C23H26F2N2O5/c1-23(2,3)21(30)27-17-6-4-5-16(13-17)20(29)31-14-19(28)26-12-11-15-7-9-18(10-8-15)32-22(24)25/h4-10,13,22H,11-12,14H2,1-3H3,(H,26,28)(H,27,30). The lowest BCUT2D eigenvalue weighted by Crippen LogP contribution is -2.30. The van der Waals surface area contributed by atoms with Crippen LogP contribution < -0.4 is 15.4 Å². The monoisotopic (exact) mass is 448 g/mol. The first-order chi connectivity index (χ1) is 15.0. The van der Waals surface area contributed by atoms with Crippen molar-refractivity contribution in [3.63, 3.8) is 0 Å². The van der Waals surface area contributed by atoms with Gasteiger partial charge in [-0.25, -0.2) is 4.79 Å². The van der Waals surface area contributed by atoms with E-state index in [0.717, 1.165) is 5.56 Å². The summed E-state index contributed by atoms with van der Waals surface area (Å²) in [6, 6.07) is 12.3. The molecule has 0 aliphatic rings. The summed E-state index contributed by atoms with van der Waals surface area (Å²) in [5.41, 5.74) is 0.887. The van der Waals surface area contributed by atoms with Gasteiger partial charge in [-0.2, -0.15) is 8.78 Å². The Morgan fingerprint density at radius 3 is 2.34 bits per heavy atom. The third kappa shape index (κ3) is 8.33. The van der Waals surface area contributed by atoms with Crippen LogP contribution in [0.15, 0.2) is 48.5 Å². The topological polar surface area (TPSA) is 93.7 Å². The Morgan fingerprint density at radius 1 is 1.03 bits per heavy atom. The number of halogens is 2. The predicted octanol–water partition coefficient (Wildman–Crippen LogP) is 3.79. The fourth-order valence-corrected chi connectivity index (χ4v) is 2.49. The van der Waals surface area contributed by atoms with Gasteiger partial charge < -0.3 is 20.1 Å². The summed E-state index contributed by atoms with van der Waals surface area (Å²) in [4.78, 5) is 36.2. The summed E-state index contributed by atoms with van der Waals surface area (Å²) < 4.78 is 33.6. The zero-order valence-corrected chi connectivity index (χ0v) is 18.1. The minimum Gasteiger partial charge on any atom is -0.452 e. The van der Waals surface area contributed by atoms with Gasteiger partial charge in [0.2, 0.25) is 5.91 Å². The van der Waals surface area contributed by atoms with E-state index >= 15 is 0 Å². The highest BCUT2D eigenvalue weighted by Crippen LogP contribution is 2.18. The summed E-state index contributed by atoms with van der Waals surface area (Å²) >= 11 is 0. The number of hydrogen-bond donors (Lipinski definition) is 2. The summed E-state index contributed by atoms with van der Waals surface area (Å²) in [5, 5.41) is 5.34. The van der Waals surface area contributed by atoms with Crippen molar-refractivity contribution >= 4 is 23.5 Å². The van der Waals surface area contributed by atoms with Crippen LogP contribution in [0.25, 0.3) is 0 Å². The molecule has 2 aromatic carbocycles. The number of carbonyl (C=O) groups excluding carboxylic acids is 3. The van der Waals surface area contributed by atoms with Crippen molar-refractivity contribution in [2.75, 3.05) is 18.5 Å². The molecule has 0 atom stereocenters. The number of carbonyl (C=O) groups is 3. The lowest BCUT2D eigenvalue weighted by molar-refractivity contribution is -0.124. The van der Waals surface area contributed by atoms with Crippen molar-refractivity contribution in [1.29, 1.82) is 0 Å². The summed E-state index contributed by atoms with van der Waals surface area (Å²) in [6.07, 6.45) is 0.462.